The third kappa shape index (κ3) is 2.18. The Hall–Kier alpha value is -1.36. The topological polar surface area (TPSA) is 42.7 Å². The molecule has 0 aromatic carbocycles. The first-order valence-corrected chi connectivity index (χ1v) is 5.67. The van der Waals surface area contributed by atoms with Gasteiger partial charge in [0.25, 0.3) is 0 Å². The summed E-state index contributed by atoms with van der Waals surface area (Å²) < 4.78 is 1.99. The van der Waals surface area contributed by atoms with Crippen molar-refractivity contribution in [1.29, 1.82) is 0 Å². The second kappa shape index (κ2) is 4.02. The first-order valence-electron chi connectivity index (χ1n) is 4.79. The summed E-state index contributed by atoms with van der Waals surface area (Å²) in [4.78, 5) is 9.84. The highest BCUT2D eigenvalue weighted by atomic mass is 32.1. The number of aromatic nitrogens is 3. The van der Waals surface area contributed by atoms with Crippen LogP contribution in [0.1, 0.15) is 16.3 Å². The van der Waals surface area contributed by atoms with Gasteiger partial charge >= 0.3 is 0 Å². The van der Waals surface area contributed by atoms with Crippen molar-refractivity contribution in [2.24, 2.45) is 7.05 Å². The molecule has 2 aromatic heterocycles. The molecule has 80 valence electrons. The molecule has 4 nitrogen and oxygen atoms in total. The summed E-state index contributed by atoms with van der Waals surface area (Å²) in [6, 6.07) is 0. The maximum Gasteiger partial charge on any atom is 0.203 e. The van der Waals surface area contributed by atoms with Crippen LogP contribution in [0.2, 0.25) is 0 Å². The van der Waals surface area contributed by atoms with Gasteiger partial charge in [0, 0.05) is 18.1 Å². The number of hydrogen-bond acceptors (Lipinski definition) is 4. The molecule has 0 aliphatic carbocycles. The molecule has 2 aromatic rings. The van der Waals surface area contributed by atoms with E-state index >= 15 is 0 Å². The lowest BCUT2D eigenvalue weighted by Crippen LogP contribution is -2.04. The van der Waals surface area contributed by atoms with Crippen molar-refractivity contribution in [3.8, 4) is 0 Å². The first-order chi connectivity index (χ1) is 7.16. The Kier molecular flexibility index (Phi) is 2.73. The zero-order chi connectivity index (χ0) is 10.8. The van der Waals surface area contributed by atoms with Crippen LogP contribution in [0.4, 0.5) is 5.95 Å². The fourth-order valence-electron chi connectivity index (χ4n) is 1.44. The maximum absolute atomic E-state index is 4.38. The monoisotopic (exact) mass is 222 g/mol. The number of imidazole rings is 1. The summed E-state index contributed by atoms with van der Waals surface area (Å²) in [5, 5.41) is 3.30. The number of anilines is 1. The first kappa shape index (κ1) is 10.2. The van der Waals surface area contributed by atoms with Gasteiger partial charge in [-0.2, -0.15) is 0 Å². The lowest BCUT2D eigenvalue weighted by molar-refractivity contribution is 0.900. The van der Waals surface area contributed by atoms with Gasteiger partial charge in [0.2, 0.25) is 5.95 Å². The number of nitrogens with one attached hydrogen (secondary N) is 1. The molecular formula is C10H14N4S. The fraction of sp³-hybridized carbons (Fsp3) is 0.400. The fourth-order valence-corrected chi connectivity index (χ4v) is 2.15. The van der Waals surface area contributed by atoms with E-state index in [9.17, 15) is 0 Å². The standard InChI is InChI=1S/C10H14N4S/c1-7-5-14(3)10(13-7)11-4-9-8(2)12-6-15-9/h5-6H,4H2,1-3H3,(H,11,13). The zero-order valence-electron chi connectivity index (χ0n) is 9.11. The van der Waals surface area contributed by atoms with Gasteiger partial charge in [-0.1, -0.05) is 0 Å². The maximum atomic E-state index is 4.38. The van der Waals surface area contributed by atoms with Gasteiger partial charge in [0.15, 0.2) is 0 Å². The minimum atomic E-state index is 0.792. The SMILES string of the molecule is Cc1cn(C)c(NCc2scnc2C)n1. The molecule has 15 heavy (non-hydrogen) atoms. The average Bonchev–Trinajstić information content (AvgIpc) is 2.70. The predicted molar refractivity (Wildman–Crippen MR) is 62.1 cm³/mol. The summed E-state index contributed by atoms with van der Waals surface area (Å²) >= 11 is 1.67. The van der Waals surface area contributed by atoms with Crippen LogP contribution >= 0.6 is 11.3 Å². The summed E-state index contributed by atoms with van der Waals surface area (Å²) in [5.41, 5.74) is 4.00. The molecule has 0 aliphatic heterocycles. The zero-order valence-corrected chi connectivity index (χ0v) is 9.93. The van der Waals surface area contributed by atoms with Crippen molar-refractivity contribution in [3.63, 3.8) is 0 Å². The number of nitrogens with zero attached hydrogens (tertiary/aromatic N) is 3. The van der Waals surface area contributed by atoms with E-state index in [-0.39, 0.29) is 0 Å². The smallest absolute Gasteiger partial charge is 0.203 e. The van der Waals surface area contributed by atoms with Crippen molar-refractivity contribution in [2.75, 3.05) is 5.32 Å². The van der Waals surface area contributed by atoms with Gasteiger partial charge in [-0.3, -0.25) is 0 Å². The molecule has 0 bridgehead atoms. The minimum absolute atomic E-state index is 0.792. The molecular weight excluding hydrogens is 208 g/mol. The Labute approximate surface area is 93.0 Å². The molecule has 1 N–H and O–H groups in total. The summed E-state index contributed by atoms with van der Waals surface area (Å²) in [7, 11) is 1.99. The van der Waals surface area contributed by atoms with Crippen LogP contribution in [0.3, 0.4) is 0 Å². The summed E-state index contributed by atoms with van der Waals surface area (Å²) in [6.07, 6.45) is 2.00. The molecule has 0 saturated carbocycles. The molecule has 5 heteroatoms. The van der Waals surface area contributed by atoms with Crippen LogP contribution in [0.5, 0.6) is 0 Å². The van der Waals surface area contributed by atoms with Crippen LogP contribution in [-0.2, 0) is 13.6 Å². The van der Waals surface area contributed by atoms with Crippen LogP contribution in [0.15, 0.2) is 11.7 Å². The highest BCUT2D eigenvalue weighted by molar-refractivity contribution is 7.09. The molecule has 0 unspecified atom stereocenters. The van der Waals surface area contributed by atoms with Crippen molar-refractivity contribution >= 4 is 17.3 Å². The van der Waals surface area contributed by atoms with Gasteiger partial charge < -0.3 is 9.88 Å². The van der Waals surface area contributed by atoms with Gasteiger partial charge in [-0.05, 0) is 13.8 Å². The normalized spacial score (nSPS) is 10.6. The number of aryl methyl sites for hydroxylation is 3. The number of hydrogen-bond donors (Lipinski definition) is 1. The van der Waals surface area contributed by atoms with Crippen molar-refractivity contribution < 1.29 is 0 Å². The second-order valence-corrected chi connectivity index (χ2v) is 4.47. The Morgan fingerprint density at radius 1 is 1.47 bits per heavy atom. The Morgan fingerprint density at radius 3 is 2.80 bits per heavy atom. The molecule has 2 heterocycles. The van der Waals surface area contributed by atoms with Crippen LogP contribution in [0, 0.1) is 13.8 Å². The quantitative estimate of drug-likeness (QED) is 0.865. The summed E-state index contributed by atoms with van der Waals surface area (Å²) in [6.45, 7) is 4.81. The van der Waals surface area contributed by atoms with Crippen molar-refractivity contribution in [3.05, 3.63) is 28.0 Å². The average molecular weight is 222 g/mol. The van der Waals surface area contributed by atoms with E-state index < -0.39 is 0 Å². The molecule has 0 saturated heterocycles. The number of thiazole rings is 1. The van der Waals surface area contributed by atoms with E-state index in [1.807, 2.05) is 37.2 Å². The van der Waals surface area contributed by atoms with Gasteiger partial charge in [0.1, 0.15) is 0 Å². The second-order valence-electron chi connectivity index (χ2n) is 3.53. The molecule has 0 amide bonds. The molecule has 0 radical (unpaired) electrons. The highest BCUT2D eigenvalue weighted by Gasteiger charge is 2.04. The van der Waals surface area contributed by atoms with E-state index in [1.54, 1.807) is 11.3 Å². The minimum Gasteiger partial charge on any atom is -0.351 e. The lowest BCUT2D eigenvalue weighted by Gasteiger charge is -2.04. The van der Waals surface area contributed by atoms with E-state index in [0.717, 1.165) is 23.9 Å². The van der Waals surface area contributed by atoms with E-state index in [4.69, 9.17) is 0 Å². The largest absolute Gasteiger partial charge is 0.351 e. The van der Waals surface area contributed by atoms with Gasteiger partial charge in [-0.15, -0.1) is 11.3 Å². The van der Waals surface area contributed by atoms with E-state index in [0.29, 0.717) is 0 Å². The molecule has 2 rings (SSSR count). The highest BCUT2D eigenvalue weighted by Crippen LogP contribution is 2.14. The lowest BCUT2D eigenvalue weighted by atomic mass is 10.4. The van der Waals surface area contributed by atoms with Crippen LogP contribution in [0.25, 0.3) is 0 Å². The number of rotatable bonds is 3. The van der Waals surface area contributed by atoms with Crippen molar-refractivity contribution in [1.82, 2.24) is 14.5 Å². The van der Waals surface area contributed by atoms with Gasteiger partial charge in [-0.25, -0.2) is 9.97 Å². The Morgan fingerprint density at radius 2 is 2.27 bits per heavy atom. The van der Waals surface area contributed by atoms with Crippen molar-refractivity contribution in [2.45, 2.75) is 20.4 Å². The Bertz CT molecular complexity index is 458. The van der Waals surface area contributed by atoms with Crippen LogP contribution in [-0.4, -0.2) is 14.5 Å². The molecule has 0 aliphatic rings. The van der Waals surface area contributed by atoms with Crippen LogP contribution < -0.4 is 5.32 Å². The molecule has 0 fully saturated rings. The summed E-state index contributed by atoms with van der Waals surface area (Å²) in [5.74, 6) is 0.903. The third-order valence-corrected chi connectivity index (χ3v) is 3.18. The molecule has 0 spiro atoms. The van der Waals surface area contributed by atoms with E-state index in [2.05, 4.69) is 15.3 Å². The molecule has 0 atom stereocenters. The Balaban J connectivity index is 2.05. The van der Waals surface area contributed by atoms with E-state index in [1.165, 1.54) is 4.88 Å². The van der Waals surface area contributed by atoms with Gasteiger partial charge in [0.05, 0.1) is 23.4 Å². The predicted octanol–water partition coefficient (Wildman–Crippen LogP) is 2.11. The third-order valence-electron chi connectivity index (χ3n) is 2.25.